The Morgan fingerprint density at radius 3 is 2.31 bits per heavy atom. The minimum Gasteiger partial charge on any atom is -0.410 e. The summed E-state index contributed by atoms with van der Waals surface area (Å²) in [6, 6.07) is 8.78. The van der Waals surface area contributed by atoms with E-state index in [1.54, 1.807) is 29.2 Å². The summed E-state index contributed by atoms with van der Waals surface area (Å²) in [6.07, 6.45) is 0. The number of carbonyl (C=O) groups is 1. The highest BCUT2D eigenvalue weighted by molar-refractivity contribution is 6.46. The lowest BCUT2D eigenvalue weighted by Crippen LogP contribution is -2.28. The predicted molar refractivity (Wildman–Crippen MR) is 65.8 cm³/mol. The number of carbonyl (C=O) groups excluding carboxylic acids is 1. The lowest BCUT2D eigenvalue weighted by Gasteiger charge is -2.09. The number of Topliss-reactive ketones (excluding diaryl/α,β-unsaturated/α-hetero) is 1. The monoisotopic (exact) mass is 242 g/mol. The zero-order chi connectivity index (χ0) is 11.3. The fourth-order valence-electron chi connectivity index (χ4n) is 1.20. The molecule has 0 bridgehead atoms. The molecule has 1 aromatic rings. The second-order valence-corrected chi connectivity index (χ2v) is 3.48. The van der Waals surface area contributed by atoms with Gasteiger partial charge in [0.2, 0.25) is 5.78 Å². The van der Waals surface area contributed by atoms with Crippen LogP contribution < -0.4 is 0 Å². The van der Waals surface area contributed by atoms with Crippen LogP contribution in [0.1, 0.15) is 10.4 Å². The molecule has 0 aliphatic carbocycles. The van der Waals surface area contributed by atoms with Crippen molar-refractivity contribution in [2.24, 2.45) is 5.16 Å². The molecule has 0 saturated heterocycles. The van der Waals surface area contributed by atoms with Crippen molar-refractivity contribution >= 4 is 23.9 Å². The van der Waals surface area contributed by atoms with Gasteiger partial charge < -0.3 is 10.1 Å². The third kappa shape index (κ3) is 4.00. The zero-order valence-corrected chi connectivity index (χ0v) is 10.1. The van der Waals surface area contributed by atoms with Gasteiger partial charge in [-0.3, -0.25) is 4.79 Å². The maximum Gasteiger partial charge on any atom is 0.211 e. The van der Waals surface area contributed by atoms with Crippen LogP contribution in [0.4, 0.5) is 0 Å². The van der Waals surface area contributed by atoms with Gasteiger partial charge in [-0.15, -0.1) is 12.4 Å². The van der Waals surface area contributed by atoms with E-state index in [2.05, 4.69) is 5.16 Å². The lowest BCUT2D eigenvalue weighted by molar-refractivity contribution is 0.105. The van der Waals surface area contributed by atoms with E-state index in [1.807, 2.05) is 20.2 Å². The Labute approximate surface area is 101 Å². The molecular weight excluding hydrogens is 228 g/mol. The average Bonchev–Trinajstić information content (AvgIpc) is 2.26. The van der Waals surface area contributed by atoms with Crippen LogP contribution in [0.25, 0.3) is 0 Å². The van der Waals surface area contributed by atoms with Crippen LogP contribution in [-0.4, -0.2) is 42.2 Å². The van der Waals surface area contributed by atoms with Gasteiger partial charge >= 0.3 is 0 Å². The summed E-state index contributed by atoms with van der Waals surface area (Å²) in [5.74, 6) is -0.244. The summed E-state index contributed by atoms with van der Waals surface area (Å²) in [5.41, 5.74) is 0.679. The van der Waals surface area contributed by atoms with E-state index >= 15 is 0 Å². The van der Waals surface area contributed by atoms with Crippen molar-refractivity contribution in [1.29, 1.82) is 0 Å². The fourth-order valence-corrected chi connectivity index (χ4v) is 1.20. The highest BCUT2D eigenvalue weighted by Crippen LogP contribution is 2.02. The third-order valence-electron chi connectivity index (χ3n) is 1.88. The second kappa shape index (κ2) is 6.98. The van der Waals surface area contributed by atoms with Gasteiger partial charge in [-0.25, -0.2) is 0 Å². The largest absolute Gasteiger partial charge is 0.410 e. The first-order chi connectivity index (χ1) is 7.15. The summed E-state index contributed by atoms with van der Waals surface area (Å²) in [7, 11) is 3.62. The number of oxime groups is 1. The number of nitrogens with zero attached hydrogens (tertiary/aromatic N) is 2. The molecule has 0 aliphatic heterocycles. The van der Waals surface area contributed by atoms with Gasteiger partial charge in [0.25, 0.3) is 0 Å². The first kappa shape index (κ1) is 14.6. The summed E-state index contributed by atoms with van der Waals surface area (Å²) >= 11 is 0. The Balaban J connectivity index is 0.00000225. The minimum absolute atomic E-state index is 0. The van der Waals surface area contributed by atoms with Crippen LogP contribution in [0.5, 0.6) is 0 Å². The lowest BCUT2D eigenvalue weighted by atomic mass is 10.1. The highest BCUT2D eigenvalue weighted by Gasteiger charge is 2.14. The standard InChI is InChI=1S/C11H14N2O2.ClH/c1-13(2)8-10(12-15)11(14)9-6-4-3-5-7-9;/h3-7,15H,8H2,1-2H3;1H/b12-10+;. The van der Waals surface area contributed by atoms with Crippen LogP contribution in [0, 0.1) is 0 Å². The summed E-state index contributed by atoms with van der Waals surface area (Å²) in [5, 5.41) is 11.8. The highest BCUT2D eigenvalue weighted by atomic mass is 35.5. The van der Waals surface area contributed by atoms with E-state index in [0.29, 0.717) is 12.1 Å². The van der Waals surface area contributed by atoms with Crippen molar-refractivity contribution in [3.63, 3.8) is 0 Å². The second-order valence-electron chi connectivity index (χ2n) is 3.48. The zero-order valence-electron chi connectivity index (χ0n) is 9.25. The summed E-state index contributed by atoms with van der Waals surface area (Å²) < 4.78 is 0. The maximum atomic E-state index is 11.8. The van der Waals surface area contributed by atoms with Gasteiger partial charge in [-0.2, -0.15) is 0 Å². The molecule has 88 valence electrons. The van der Waals surface area contributed by atoms with E-state index in [1.165, 1.54) is 0 Å². The number of hydrogen-bond acceptors (Lipinski definition) is 4. The number of ketones is 1. The molecule has 1 aromatic carbocycles. The van der Waals surface area contributed by atoms with Gasteiger partial charge in [0.05, 0.1) is 0 Å². The van der Waals surface area contributed by atoms with Crippen molar-refractivity contribution in [3.05, 3.63) is 35.9 Å². The van der Waals surface area contributed by atoms with Crippen LogP contribution >= 0.6 is 12.4 Å². The average molecular weight is 243 g/mol. The van der Waals surface area contributed by atoms with Gasteiger partial charge in [-0.05, 0) is 14.1 Å². The Hall–Kier alpha value is -1.39. The van der Waals surface area contributed by atoms with Crippen molar-refractivity contribution < 1.29 is 10.0 Å². The summed E-state index contributed by atoms with van der Waals surface area (Å²) in [4.78, 5) is 13.6. The van der Waals surface area contributed by atoms with Gasteiger partial charge in [-0.1, -0.05) is 35.5 Å². The van der Waals surface area contributed by atoms with Crippen LogP contribution in [0.3, 0.4) is 0 Å². The smallest absolute Gasteiger partial charge is 0.211 e. The molecule has 1 N–H and O–H groups in total. The Morgan fingerprint density at radius 1 is 1.31 bits per heavy atom. The Bertz CT molecular complexity index is 364. The normalized spacial score (nSPS) is 11.1. The van der Waals surface area contributed by atoms with E-state index in [4.69, 9.17) is 5.21 Å². The topological polar surface area (TPSA) is 52.9 Å². The number of benzene rings is 1. The van der Waals surface area contributed by atoms with Gasteiger partial charge in [0.15, 0.2) is 0 Å². The van der Waals surface area contributed by atoms with Gasteiger partial charge in [0.1, 0.15) is 5.71 Å². The number of halogens is 1. The van der Waals surface area contributed by atoms with E-state index in [9.17, 15) is 4.79 Å². The van der Waals surface area contributed by atoms with Crippen LogP contribution in [-0.2, 0) is 0 Å². The van der Waals surface area contributed by atoms with Crippen LogP contribution in [0.2, 0.25) is 0 Å². The predicted octanol–water partition coefficient (Wildman–Crippen LogP) is 1.68. The first-order valence-electron chi connectivity index (χ1n) is 4.60. The number of rotatable bonds is 4. The molecule has 0 heterocycles. The van der Waals surface area contributed by atoms with Crippen molar-refractivity contribution in [1.82, 2.24) is 4.90 Å². The van der Waals surface area contributed by atoms with E-state index in [0.717, 1.165) is 0 Å². The first-order valence-corrected chi connectivity index (χ1v) is 4.60. The maximum absolute atomic E-state index is 11.8. The quantitative estimate of drug-likeness (QED) is 0.378. The Kier molecular flexibility index (Phi) is 6.37. The molecule has 16 heavy (non-hydrogen) atoms. The summed E-state index contributed by atoms with van der Waals surface area (Å²) in [6.45, 7) is 0.324. The van der Waals surface area contributed by atoms with Crippen molar-refractivity contribution in [3.8, 4) is 0 Å². The molecular formula is C11H15ClN2O2. The molecule has 0 saturated carbocycles. The third-order valence-corrected chi connectivity index (χ3v) is 1.88. The SMILES string of the molecule is CN(C)C/C(=N\O)C(=O)c1ccccc1.Cl. The van der Waals surface area contributed by atoms with Crippen molar-refractivity contribution in [2.45, 2.75) is 0 Å². The molecule has 0 fully saturated rings. The van der Waals surface area contributed by atoms with Crippen molar-refractivity contribution in [2.75, 3.05) is 20.6 Å². The molecule has 0 aliphatic rings. The van der Waals surface area contributed by atoms with Crippen LogP contribution in [0.15, 0.2) is 35.5 Å². The molecule has 0 atom stereocenters. The fraction of sp³-hybridized carbons (Fsp3) is 0.273. The molecule has 1 rings (SSSR count). The number of hydrogen-bond donors (Lipinski definition) is 1. The van der Waals surface area contributed by atoms with E-state index in [-0.39, 0.29) is 23.9 Å². The molecule has 0 unspecified atom stereocenters. The molecule has 0 aromatic heterocycles. The molecule has 5 heteroatoms. The molecule has 4 nitrogen and oxygen atoms in total. The Morgan fingerprint density at radius 2 is 1.88 bits per heavy atom. The van der Waals surface area contributed by atoms with E-state index < -0.39 is 0 Å². The van der Waals surface area contributed by atoms with Gasteiger partial charge in [0, 0.05) is 12.1 Å². The molecule has 0 amide bonds. The molecule has 0 spiro atoms. The molecule has 0 radical (unpaired) electrons. The minimum atomic E-state index is -0.244.